The van der Waals surface area contributed by atoms with Gasteiger partial charge in [0.15, 0.2) is 6.61 Å². The molecule has 20 heavy (non-hydrogen) atoms. The zero-order valence-corrected chi connectivity index (χ0v) is 10.3. The van der Waals surface area contributed by atoms with Gasteiger partial charge in [-0.05, 0) is 24.3 Å². The van der Waals surface area contributed by atoms with E-state index in [1.54, 1.807) is 18.2 Å². The van der Waals surface area contributed by atoms with E-state index in [0.29, 0.717) is 22.8 Å². The first-order chi connectivity index (χ1) is 9.63. The van der Waals surface area contributed by atoms with E-state index >= 15 is 0 Å². The van der Waals surface area contributed by atoms with Crippen LogP contribution in [0.5, 0.6) is 11.5 Å². The van der Waals surface area contributed by atoms with Gasteiger partial charge in [0.05, 0.1) is 5.56 Å². The third-order valence-electron chi connectivity index (χ3n) is 2.87. The average molecular weight is 274 g/mol. The Balaban J connectivity index is 1.69. The van der Waals surface area contributed by atoms with Crippen molar-refractivity contribution in [2.45, 2.75) is 6.61 Å². The number of carboxylic acids is 1. The first-order valence-electron chi connectivity index (χ1n) is 5.88. The van der Waals surface area contributed by atoms with Crippen molar-refractivity contribution in [3.05, 3.63) is 47.4 Å². The number of fused-ring (bicyclic) bond motifs is 1. The van der Waals surface area contributed by atoms with Gasteiger partial charge in [0.2, 0.25) is 11.5 Å². The molecule has 0 spiro atoms. The number of benzene rings is 1. The van der Waals surface area contributed by atoms with Gasteiger partial charge in [-0.15, -0.1) is 0 Å². The summed E-state index contributed by atoms with van der Waals surface area (Å²) < 4.78 is 15.7. The van der Waals surface area contributed by atoms with Crippen LogP contribution in [0.25, 0.3) is 0 Å². The van der Waals surface area contributed by atoms with Crippen molar-refractivity contribution >= 4 is 11.8 Å². The smallest absolute Gasteiger partial charge is 0.371 e. The summed E-state index contributed by atoms with van der Waals surface area (Å²) >= 11 is 0. The maximum atomic E-state index is 11.4. The molecule has 1 aromatic heterocycles. The van der Waals surface area contributed by atoms with Crippen LogP contribution in [-0.2, 0) is 6.61 Å². The maximum absolute atomic E-state index is 11.4. The highest BCUT2D eigenvalue weighted by Gasteiger charge is 2.21. The number of carboxylic acid groups (broad SMARTS) is 1. The number of hydrogen-bond acceptors (Lipinski definition) is 5. The average Bonchev–Trinajstić information content (AvgIpc) is 3.04. The summed E-state index contributed by atoms with van der Waals surface area (Å²) in [6.45, 7) is 0.152. The molecule has 6 heteroatoms. The Kier molecular flexibility index (Phi) is 2.90. The first-order valence-corrected chi connectivity index (χ1v) is 5.88. The third kappa shape index (κ3) is 2.23. The first kappa shape index (κ1) is 12.3. The summed E-state index contributed by atoms with van der Waals surface area (Å²) in [7, 11) is 0. The third-order valence-corrected chi connectivity index (χ3v) is 2.87. The fraction of sp³-hybridized carbons (Fsp3) is 0.143. The number of Topliss-reactive ketones (excluding diaryl/α,β-unsaturated/α-hetero) is 1. The molecule has 1 aromatic carbocycles. The van der Waals surface area contributed by atoms with Gasteiger partial charge in [0.25, 0.3) is 0 Å². The van der Waals surface area contributed by atoms with Gasteiger partial charge >= 0.3 is 5.97 Å². The van der Waals surface area contributed by atoms with Gasteiger partial charge in [0, 0.05) is 6.07 Å². The molecule has 2 aromatic rings. The SMILES string of the molecule is O=C(O)c1ccc(COc2ccc3c(c2)OCC3=O)o1. The van der Waals surface area contributed by atoms with Gasteiger partial charge in [0.1, 0.15) is 23.9 Å². The van der Waals surface area contributed by atoms with Gasteiger partial charge in [-0.1, -0.05) is 0 Å². The van der Waals surface area contributed by atoms with Crippen LogP contribution >= 0.6 is 0 Å². The minimum absolute atomic E-state index is 0.0521. The number of hydrogen-bond donors (Lipinski definition) is 1. The highest BCUT2D eigenvalue weighted by molar-refractivity contribution is 6.02. The number of rotatable bonds is 4. The highest BCUT2D eigenvalue weighted by atomic mass is 16.5. The quantitative estimate of drug-likeness (QED) is 0.919. The van der Waals surface area contributed by atoms with Crippen molar-refractivity contribution in [1.29, 1.82) is 0 Å². The van der Waals surface area contributed by atoms with E-state index in [-0.39, 0.29) is 24.8 Å². The van der Waals surface area contributed by atoms with Crippen LogP contribution in [0.1, 0.15) is 26.7 Å². The summed E-state index contributed by atoms with van der Waals surface area (Å²) in [5.41, 5.74) is 0.545. The summed E-state index contributed by atoms with van der Waals surface area (Å²) in [6, 6.07) is 7.83. The van der Waals surface area contributed by atoms with E-state index in [1.807, 2.05) is 0 Å². The largest absolute Gasteiger partial charge is 0.486 e. The van der Waals surface area contributed by atoms with Crippen LogP contribution in [0.3, 0.4) is 0 Å². The Morgan fingerprint density at radius 1 is 1.30 bits per heavy atom. The summed E-state index contributed by atoms with van der Waals surface area (Å²) in [5.74, 6) is 0.112. The van der Waals surface area contributed by atoms with Gasteiger partial charge in [-0.3, -0.25) is 4.79 Å². The second-order valence-corrected chi connectivity index (χ2v) is 4.23. The molecule has 0 radical (unpaired) electrons. The lowest BCUT2D eigenvalue weighted by Gasteiger charge is -2.05. The topological polar surface area (TPSA) is 86.0 Å². The van der Waals surface area contributed by atoms with Crippen LogP contribution in [0, 0.1) is 0 Å². The lowest BCUT2D eigenvalue weighted by Crippen LogP contribution is -1.98. The lowest BCUT2D eigenvalue weighted by atomic mass is 10.1. The van der Waals surface area contributed by atoms with E-state index < -0.39 is 5.97 Å². The normalized spacial score (nSPS) is 12.9. The summed E-state index contributed by atoms with van der Waals surface area (Å²) in [5, 5.41) is 8.73. The molecule has 0 aliphatic carbocycles. The van der Waals surface area contributed by atoms with Crippen molar-refractivity contribution in [1.82, 2.24) is 0 Å². The molecule has 0 atom stereocenters. The second-order valence-electron chi connectivity index (χ2n) is 4.23. The number of ether oxygens (including phenoxy) is 2. The van der Waals surface area contributed by atoms with Crippen LogP contribution in [0.2, 0.25) is 0 Å². The van der Waals surface area contributed by atoms with Crippen LogP contribution in [-0.4, -0.2) is 23.5 Å². The predicted octanol–water partition coefficient (Wildman–Crippen LogP) is 2.13. The molecule has 6 nitrogen and oxygen atoms in total. The number of carbonyl (C=O) groups excluding carboxylic acids is 1. The highest BCUT2D eigenvalue weighted by Crippen LogP contribution is 2.29. The molecule has 102 valence electrons. The van der Waals surface area contributed by atoms with E-state index in [9.17, 15) is 9.59 Å². The summed E-state index contributed by atoms with van der Waals surface area (Å²) in [6.07, 6.45) is 0. The maximum Gasteiger partial charge on any atom is 0.371 e. The van der Waals surface area contributed by atoms with Crippen LogP contribution < -0.4 is 9.47 Å². The lowest BCUT2D eigenvalue weighted by molar-refractivity contribution is 0.0658. The van der Waals surface area contributed by atoms with Gasteiger partial charge in [-0.2, -0.15) is 0 Å². The van der Waals surface area contributed by atoms with E-state index in [1.165, 1.54) is 12.1 Å². The molecule has 0 amide bonds. The number of carbonyl (C=O) groups is 2. The van der Waals surface area contributed by atoms with Gasteiger partial charge in [-0.25, -0.2) is 4.79 Å². The molecule has 3 rings (SSSR count). The molecule has 2 heterocycles. The Hall–Kier alpha value is -2.76. The standard InChI is InChI=1S/C14H10O6/c15-11-7-19-13-5-8(1-3-10(11)13)18-6-9-2-4-12(20-9)14(16)17/h1-5H,6-7H2,(H,16,17). The molecule has 0 saturated carbocycles. The Bertz CT molecular complexity index is 685. The second kappa shape index (κ2) is 4.73. The van der Waals surface area contributed by atoms with Crippen molar-refractivity contribution in [2.24, 2.45) is 0 Å². The number of ketones is 1. The Labute approximate surface area is 113 Å². The molecular weight excluding hydrogens is 264 g/mol. The fourth-order valence-corrected chi connectivity index (χ4v) is 1.89. The molecule has 1 N–H and O–H groups in total. The minimum atomic E-state index is -1.12. The van der Waals surface area contributed by atoms with Gasteiger partial charge < -0.3 is 19.0 Å². The number of aromatic carboxylic acids is 1. The van der Waals surface area contributed by atoms with Crippen LogP contribution in [0.15, 0.2) is 34.7 Å². The van der Waals surface area contributed by atoms with E-state index in [2.05, 4.69) is 0 Å². The van der Waals surface area contributed by atoms with Crippen molar-refractivity contribution in [3.8, 4) is 11.5 Å². The van der Waals surface area contributed by atoms with E-state index in [4.69, 9.17) is 19.0 Å². The molecule has 0 fully saturated rings. The van der Waals surface area contributed by atoms with Crippen molar-refractivity contribution < 1.29 is 28.6 Å². The van der Waals surface area contributed by atoms with E-state index in [0.717, 1.165) is 0 Å². The Morgan fingerprint density at radius 3 is 2.90 bits per heavy atom. The zero-order chi connectivity index (χ0) is 14.1. The molecule has 1 aliphatic heterocycles. The van der Waals surface area contributed by atoms with Crippen LogP contribution in [0.4, 0.5) is 0 Å². The monoisotopic (exact) mass is 274 g/mol. The Morgan fingerprint density at radius 2 is 2.15 bits per heavy atom. The van der Waals surface area contributed by atoms with Crippen molar-refractivity contribution in [2.75, 3.05) is 6.61 Å². The zero-order valence-electron chi connectivity index (χ0n) is 10.3. The molecule has 0 saturated heterocycles. The number of furan rings is 1. The molecule has 1 aliphatic rings. The molecule has 0 unspecified atom stereocenters. The fourth-order valence-electron chi connectivity index (χ4n) is 1.89. The molecule has 0 bridgehead atoms. The minimum Gasteiger partial charge on any atom is -0.486 e. The van der Waals surface area contributed by atoms with Crippen molar-refractivity contribution in [3.63, 3.8) is 0 Å². The molecular formula is C14H10O6. The predicted molar refractivity (Wildman–Crippen MR) is 66.3 cm³/mol. The summed E-state index contributed by atoms with van der Waals surface area (Å²) in [4.78, 5) is 22.1.